The third-order valence-electron chi connectivity index (χ3n) is 8.03. The van der Waals surface area contributed by atoms with Gasteiger partial charge in [-0.3, -0.25) is 14.9 Å². The van der Waals surface area contributed by atoms with E-state index in [0.29, 0.717) is 35.5 Å². The molecule has 9 heteroatoms. The first-order valence-corrected chi connectivity index (χ1v) is 14.2. The molecular weight excluding hydrogens is 583 g/mol. The van der Waals surface area contributed by atoms with E-state index in [1.165, 1.54) is 0 Å². The van der Waals surface area contributed by atoms with Crippen molar-refractivity contribution in [1.82, 2.24) is 4.90 Å². The van der Waals surface area contributed by atoms with Crippen LogP contribution in [0.25, 0.3) is 0 Å². The van der Waals surface area contributed by atoms with Gasteiger partial charge in [-0.05, 0) is 55.7 Å². The van der Waals surface area contributed by atoms with Gasteiger partial charge in [0.25, 0.3) is 0 Å². The molecule has 6 nitrogen and oxygen atoms in total. The molecule has 0 N–H and O–H groups in total. The van der Waals surface area contributed by atoms with Crippen molar-refractivity contribution in [2.75, 3.05) is 6.54 Å². The second kappa shape index (κ2) is 14.2. The van der Waals surface area contributed by atoms with E-state index in [0.717, 1.165) is 18.5 Å². The van der Waals surface area contributed by atoms with E-state index in [1.54, 1.807) is 36.4 Å². The standard InChI is InChI=1S/C33H35F2N3O3.Ni/c34-33(35)19-17-25(18-20-33)30(32(40)41)37-29(24-12-5-2-6-13-24)26-14-7-8-15-27(26)36-31(39)28-16-9-21-38(28)22-23-10-3-1-4-11-23;/h1-8,10-15,25,28,30H,9,16-22H2,(H,36,39)(H,40,41);/q;+2/p-2/t28-,30-;/m0./s1. The van der Waals surface area contributed by atoms with Crippen molar-refractivity contribution in [3.05, 3.63) is 102 Å². The van der Waals surface area contributed by atoms with E-state index in [9.17, 15) is 23.8 Å². The molecule has 2 atom stereocenters. The number of alkyl halides is 2. The van der Waals surface area contributed by atoms with Gasteiger partial charge in [0.1, 0.15) is 0 Å². The molecule has 2 aliphatic rings. The summed E-state index contributed by atoms with van der Waals surface area (Å²) >= 11 is 0. The van der Waals surface area contributed by atoms with Crippen molar-refractivity contribution in [1.29, 1.82) is 0 Å². The van der Waals surface area contributed by atoms with Crippen LogP contribution in [0.2, 0.25) is 0 Å². The average molecular weight is 616 g/mol. The fourth-order valence-corrected chi connectivity index (χ4v) is 5.84. The van der Waals surface area contributed by atoms with Crippen LogP contribution in [0, 0.1) is 5.92 Å². The molecule has 0 aromatic heterocycles. The van der Waals surface area contributed by atoms with Crippen LogP contribution in [-0.4, -0.2) is 47.0 Å². The summed E-state index contributed by atoms with van der Waals surface area (Å²) in [4.78, 5) is 23.6. The Balaban J connectivity index is 0.00000405. The number of likely N-dealkylation sites (tertiary alicyclic amines) is 1. The molecule has 1 saturated heterocycles. The molecule has 0 bridgehead atoms. The molecule has 5 rings (SSSR count). The quantitative estimate of drug-likeness (QED) is 0.201. The van der Waals surface area contributed by atoms with Crippen LogP contribution in [-0.2, 0) is 27.8 Å². The predicted molar refractivity (Wildman–Crippen MR) is 151 cm³/mol. The summed E-state index contributed by atoms with van der Waals surface area (Å²) in [6, 6.07) is 24.4. The maximum Gasteiger partial charge on any atom is 2.00 e. The van der Waals surface area contributed by atoms with E-state index >= 15 is 0 Å². The minimum Gasteiger partial charge on any atom is -0.861 e. The zero-order chi connectivity index (χ0) is 28.8. The molecule has 0 amide bonds. The summed E-state index contributed by atoms with van der Waals surface area (Å²) in [6.07, 6.45) is 0.931. The van der Waals surface area contributed by atoms with Gasteiger partial charge in [0.2, 0.25) is 5.92 Å². The van der Waals surface area contributed by atoms with Gasteiger partial charge in [0.15, 0.2) is 0 Å². The van der Waals surface area contributed by atoms with Crippen molar-refractivity contribution < 1.29 is 40.3 Å². The molecule has 0 radical (unpaired) electrons. The molecule has 1 aliphatic carbocycles. The first-order chi connectivity index (χ1) is 19.8. The number of aliphatic imine (C=N–C) groups is 2. The molecule has 3 aromatic rings. The van der Waals surface area contributed by atoms with Gasteiger partial charge in [0, 0.05) is 36.6 Å². The van der Waals surface area contributed by atoms with Gasteiger partial charge in [-0.1, -0.05) is 78.9 Å². The normalized spacial score (nSPS) is 20.6. The third-order valence-corrected chi connectivity index (χ3v) is 8.03. The van der Waals surface area contributed by atoms with Crippen LogP contribution in [0.3, 0.4) is 0 Å². The van der Waals surface area contributed by atoms with E-state index in [-0.39, 0.29) is 54.1 Å². The summed E-state index contributed by atoms with van der Waals surface area (Å²) < 4.78 is 27.7. The predicted octanol–water partition coefficient (Wildman–Crippen LogP) is 4.52. The Hall–Kier alpha value is -3.42. The smallest absolute Gasteiger partial charge is 0.861 e. The second-order valence-electron chi connectivity index (χ2n) is 10.9. The summed E-state index contributed by atoms with van der Waals surface area (Å²) in [6.45, 7) is 1.45. The zero-order valence-electron chi connectivity index (χ0n) is 23.1. The van der Waals surface area contributed by atoms with E-state index in [1.807, 2.05) is 48.5 Å². The number of rotatable bonds is 9. The van der Waals surface area contributed by atoms with Gasteiger partial charge in [0.05, 0.1) is 23.4 Å². The number of hydrogen-bond donors (Lipinski definition) is 0. The number of carbonyl (C=O) groups excluding carboxylic acids is 1. The largest absolute Gasteiger partial charge is 2.00 e. The van der Waals surface area contributed by atoms with Crippen LogP contribution < -0.4 is 10.2 Å². The minimum absolute atomic E-state index is 0. The third kappa shape index (κ3) is 7.70. The number of carboxylic acids is 1. The molecule has 3 aromatic carbocycles. The van der Waals surface area contributed by atoms with Crippen molar-refractivity contribution in [2.24, 2.45) is 15.9 Å². The molecular formula is C33H33F2N3NiO3. The van der Waals surface area contributed by atoms with Crippen LogP contribution in [0.4, 0.5) is 14.5 Å². The van der Waals surface area contributed by atoms with Crippen LogP contribution in [0.1, 0.15) is 55.2 Å². The Kier molecular flexibility index (Phi) is 10.6. The zero-order valence-corrected chi connectivity index (χ0v) is 24.1. The average Bonchev–Trinajstić information content (AvgIpc) is 3.44. The van der Waals surface area contributed by atoms with Gasteiger partial charge >= 0.3 is 16.5 Å². The fraction of sp³-hybridized carbons (Fsp3) is 0.364. The number of aliphatic carboxylic acids is 1. The summed E-state index contributed by atoms with van der Waals surface area (Å²) in [5.41, 5.74) is 3.00. The Bertz CT molecular complexity index is 1390. The molecule has 2 fully saturated rings. The Labute approximate surface area is 255 Å². The van der Waals surface area contributed by atoms with Crippen molar-refractivity contribution in [3.63, 3.8) is 0 Å². The SMILES string of the molecule is O=C([O-])[C@@H](N=C(c1ccccc1)c1ccccc1N=C([O-])[C@@H]1CCCN1Cc1ccccc1)C1CCC(F)(F)CC1.[Ni+2]. The number of hydrogen-bond acceptors (Lipinski definition) is 6. The van der Waals surface area contributed by atoms with Crippen LogP contribution in [0.15, 0.2) is 94.9 Å². The molecule has 1 aliphatic heterocycles. The Morgan fingerprint density at radius 1 is 0.905 bits per heavy atom. The molecule has 1 heterocycles. The number of benzene rings is 3. The molecule has 222 valence electrons. The first kappa shape index (κ1) is 31.5. The minimum atomic E-state index is -2.79. The maximum absolute atomic E-state index is 13.8. The summed E-state index contributed by atoms with van der Waals surface area (Å²) in [7, 11) is 0. The van der Waals surface area contributed by atoms with Crippen LogP contribution >= 0.6 is 0 Å². The number of nitrogens with zero attached hydrogens (tertiary/aromatic N) is 3. The monoisotopic (exact) mass is 615 g/mol. The first-order valence-electron chi connectivity index (χ1n) is 14.2. The van der Waals surface area contributed by atoms with Crippen molar-refractivity contribution >= 4 is 23.3 Å². The topological polar surface area (TPSA) is 91.1 Å². The fourth-order valence-electron chi connectivity index (χ4n) is 5.84. The van der Waals surface area contributed by atoms with Gasteiger partial charge in [-0.25, -0.2) is 8.78 Å². The maximum atomic E-state index is 13.8. The molecule has 0 unspecified atom stereocenters. The molecule has 42 heavy (non-hydrogen) atoms. The Morgan fingerprint density at radius 3 is 2.19 bits per heavy atom. The molecule has 1 saturated carbocycles. The van der Waals surface area contributed by atoms with Crippen LogP contribution in [0.5, 0.6) is 0 Å². The summed E-state index contributed by atoms with van der Waals surface area (Å²) in [5.74, 6) is -5.03. The number of para-hydroxylation sites is 1. The van der Waals surface area contributed by atoms with Gasteiger partial charge < -0.3 is 15.0 Å². The van der Waals surface area contributed by atoms with Gasteiger partial charge in [-0.15, -0.1) is 0 Å². The Morgan fingerprint density at radius 2 is 1.52 bits per heavy atom. The van der Waals surface area contributed by atoms with E-state index in [2.05, 4.69) is 14.9 Å². The van der Waals surface area contributed by atoms with E-state index in [4.69, 9.17) is 0 Å². The summed E-state index contributed by atoms with van der Waals surface area (Å²) in [5, 5.41) is 25.8. The van der Waals surface area contributed by atoms with Crippen molar-refractivity contribution in [2.45, 2.75) is 63.1 Å². The van der Waals surface area contributed by atoms with Crippen molar-refractivity contribution in [3.8, 4) is 0 Å². The number of carboxylic acid groups (broad SMARTS) is 1. The van der Waals surface area contributed by atoms with Gasteiger partial charge in [-0.2, -0.15) is 0 Å². The molecule has 0 spiro atoms. The number of halogens is 2. The number of carbonyl (C=O) groups is 1. The second-order valence-corrected chi connectivity index (χ2v) is 10.9. The van der Waals surface area contributed by atoms with E-state index < -0.39 is 23.9 Å².